The highest BCUT2D eigenvalue weighted by atomic mass is 16.3. The lowest BCUT2D eigenvalue weighted by atomic mass is 10.2. The van der Waals surface area contributed by atoms with Crippen LogP contribution in [0.1, 0.15) is 23.2 Å². The summed E-state index contributed by atoms with van der Waals surface area (Å²) in [6.45, 7) is 0.486. The van der Waals surface area contributed by atoms with Gasteiger partial charge in [0.1, 0.15) is 6.04 Å². The number of rotatable bonds is 3. The second-order valence-corrected chi connectivity index (χ2v) is 5.92. The number of hydrogen-bond acceptors (Lipinski definition) is 6. The van der Waals surface area contributed by atoms with Crippen LogP contribution in [-0.4, -0.2) is 43.9 Å². The highest BCUT2D eigenvalue weighted by molar-refractivity contribution is 5.98. The van der Waals surface area contributed by atoms with E-state index in [-0.39, 0.29) is 5.91 Å². The van der Waals surface area contributed by atoms with Crippen LogP contribution in [0.3, 0.4) is 0 Å². The number of fused-ring (bicyclic) bond motifs is 1. The lowest BCUT2D eigenvalue weighted by Gasteiger charge is -2.22. The van der Waals surface area contributed by atoms with E-state index in [9.17, 15) is 9.59 Å². The van der Waals surface area contributed by atoms with Crippen LogP contribution in [0.15, 0.2) is 35.1 Å². The van der Waals surface area contributed by atoms with Crippen molar-refractivity contribution in [3.8, 4) is 11.6 Å². The van der Waals surface area contributed by atoms with Gasteiger partial charge >= 0.3 is 0 Å². The molecule has 1 saturated heterocycles. The fourth-order valence-electron chi connectivity index (χ4n) is 3.11. The zero-order valence-corrected chi connectivity index (χ0v) is 13.3. The van der Waals surface area contributed by atoms with Crippen molar-refractivity contribution >= 4 is 23.1 Å². The van der Waals surface area contributed by atoms with Gasteiger partial charge in [0.15, 0.2) is 11.4 Å². The molecule has 0 radical (unpaired) electrons. The Morgan fingerprint density at radius 1 is 1.36 bits per heavy atom. The smallest absolute Gasteiger partial charge is 0.256 e. The Kier molecular flexibility index (Phi) is 3.41. The Hall–Kier alpha value is -3.36. The monoisotopic (exact) mass is 340 g/mol. The van der Waals surface area contributed by atoms with E-state index in [1.54, 1.807) is 18.3 Å². The second-order valence-electron chi connectivity index (χ2n) is 5.92. The first-order chi connectivity index (χ1) is 12.0. The molecule has 3 aromatic rings. The summed E-state index contributed by atoms with van der Waals surface area (Å²) in [7, 11) is 0. The first kappa shape index (κ1) is 15.2. The highest BCUT2D eigenvalue weighted by Gasteiger charge is 2.33. The highest BCUT2D eigenvalue weighted by Crippen LogP contribution is 2.24. The number of carbonyl (C=O) groups is 2. The molecule has 0 spiro atoms. The Morgan fingerprint density at radius 3 is 2.92 bits per heavy atom. The predicted octanol–water partition coefficient (Wildman–Crippen LogP) is 0.661. The molecule has 4 N–H and O–H groups in total. The fourth-order valence-corrected chi connectivity index (χ4v) is 3.11. The Morgan fingerprint density at radius 2 is 2.20 bits per heavy atom. The Balaban J connectivity index is 1.73. The zero-order valence-electron chi connectivity index (χ0n) is 13.3. The van der Waals surface area contributed by atoms with E-state index in [4.69, 9.17) is 15.9 Å². The first-order valence-corrected chi connectivity index (χ1v) is 7.84. The van der Waals surface area contributed by atoms with Crippen molar-refractivity contribution in [3.05, 3.63) is 36.2 Å². The summed E-state index contributed by atoms with van der Waals surface area (Å²) in [6, 6.07) is 4.42. The maximum Gasteiger partial charge on any atom is 0.256 e. The minimum Gasteiger partial charge on any atom is -0.461 e. The number of aromatic nitrogens is 3. The average Bonchev–Trinajstić information content (AvgIpc) is 3.31. The van der Waals surface area contributed by atoms with Crippen molar-refractivity contribution in [3.63, 3.8) is 0 Å². The number of pyridine rings is 1. The second kappa shape index (κ2) is 5.62. The minimum absolute atomic E-state index is 0.301. The van der Waals surface area contributed by atoms with Crippen molar-refractivity contribution in [1.29, 1.82) is 0 Å². The number of nitrogen functional groups attached to an aromatic ring is 1. The zero-order chi connectivity index (χ0) is 17.6. The minimum atomic E-state index is -0.584. The van der Waals surface area contributed by atoms with Crippen molar-refractivity contribution in [2.75, 3.05) is 12.3 Å². The number of primary amides is 1. The maximum atomic E-state index is 12.8. The van der Waals surface area contributed by atoms with Gasteiger partial charge in [-0.15, -0.1) is 5.10 Å². The van der Waals surface area contributed by atoms with E-state index in [1.165, 1.54) is 21.7 Å². The average molecular weight is 340 g/mol. The number of furan rings is 1. The number of anilines is 1. The van der Waals surface area contributed by atoms with Crippen LogP contribution in [0.5, 0.6) is 0 Å². The third-order valence-corrected chi connectivity index (χ3v) is 4.29. The molecule has 2 amide bonds. The molecule has 3 aromatic heterocycles. The number of hydrogen-bond donors (Lipinski definition) is 2. The summed E-state index contributed by atoms with van der Waals surface area (Å²) in [5.74, 6) is 0.0764. The first-order valence-electron chi connectivity index (χ1n) is 7.84. The lowest BCUT2D eigenvalue weighted by molar-refractivity contribution is -0.121. The molecule has 1 aliphatic heterocycles. The van der Waals surface area contributed by atoms with Gasteiger partial charge in [-0.1, -0.05) is 0 Å². The molecule has 0 bridgehead atoms. The molecule has 0 unspecified atom stereocenters. The van der Waals surface area contributed by atoms with Gasteiger partial charge in [0.25, 0.3) is 5.91 Å². The molecule has 9 heteroatoms. The molecule has 0 aromatic carbocycles. The van der Waals surface area contributed by atoms with Crippen LogP contribution in [0.2, 0.25) is 0 Å². The van der Waals surface area contributed by atoms with Gasteiger partial charge in [0, 0.05) is 12.7 Å². The molecule has 0 aliphatic carbocycles. The summed E-state index contributed by atoms with van der Waals surface area (Å²) >= 11 is 0. The SMILES string of the molecule is NC(=O)[C@H]1CCCN1C(=O)c1cc(N)c2nc(-c3ccco3)nn2c1. The Labute approximate surface area is 142 Å². The summed E-state index contributed by atoms with van der Waals surface area (Å²) < 4.78 is 6.72. The maximum absolute atomic E-state index is 12.8. The lowest BCUT2D eigenvalue weighted by Crippen LogP contribution is -2.43. The molecule has 1 fully saturated rings. The third-order valence-electron chi connectivity index (χ3n) is 4.29. The number of nitrogens with zero attached hydrogens (tertiary/aromatic N) is 4. The number of likely N-dealkylation sites (tertiary alicyclic amines) is 1. The van der Waals surface area contributed by atoms with Crippen LogP contribution in [0.25, 0.3) is 17.2 Å². The van der Waals surface area contributed by atoms with E-state index in [1.807, 2.05) is 0 Å². The number of nitrogens with two attached hydrogens (primary N) is 2. The van der Waals surface area contributed by atoms with Crippen LogP contribution in [0, 0.1) is 0 Å². The van der Waals surface area contributed by atoms with E-state index in [0.717, 1.165) is 6.42 Å². The molecule has 1 atom stereocenters. The summed E-state index contributed by atoms with van der Waals surface area (Å²) in [5, 5.41) is 4.31. The fraction of sp³-hybridized carbons (Fsp3) is 0.250. The largest absolute Gasteiger partial charge is 0.461 e. The van der Waals surface area contributed by atoms with Gasteiger partial charge in [-0.3, -0.25) is 9.59 Å². The normalized spacial score (nSPS) is 17.3. The van der Waals surface area contributed by atoms with Gasteiger partial charge in [-0.25, -0.2) is 9.50 Å². The molecule has 4 heterocycles. The van der Waals surface area contributed by atoms with Crippen LogP contribution >= 0.6 is 0 Å². The Bertz CT molecular complexity index is 962. The van der Waals surface area contributed by atoms with E-state index >= 15 is 0 Å². The topological polar surface area (TPSA) is 133 Å². The molecular formula is C16H16N6O3. The predicted molar refractivity (Wildman–Crippen MR) is 88.4 cm³/mol. The van der Waals surface area contributed by atoms with E-state index < -0.39 is 11.9 Å². The van der Waals surface area contributed by atoms with Crippen molar-refractivity contribution in [2.45, 2.75) is 18.9 Å². The van der Waals surface area contributed by atoms with E-state index in [0.29, 0.717) is 41.4 Å². The summed E-state index contributed by atoms with van der Waals surface area (Å²) in [5.41, 5.74) is 12.5. The number of amides is 2. The van der Waals surface area contributed by atoms with Crippen LogP contribution in [-0.2, 0) is 4.79 Å². The molecule has 128 valence electrons. The number of carbonyl (C=O) groups excluding carboxylic acids is 2. The standard InChI is InChI=1S/C16H16N6O3/c17-10-7-9(16(24)21-5-1-3-11(21)13(18)23)8-22-15(10)19-14(20-22)12-4-2-6-25-12/h2,4,6-8,11H,1,3,5,17H2,(H2,18,23)/t11-/m1/s1. The molecular weight excluding hydrogens is 324 g/mol. The molecule has 4 rings (SSSR count). The van der Waals surface area contributed by atoms with Gasteiger partial charge in [-0.05, 0) is 31.0 Å². The van der Waals surface area contributed by atoms with Gasteiger partial charge < -0.3 is 20.8 Å². The molecule has 1 aliphatic rings. The van der Waals surface area contributed by atoms with Gasteiger partial charge in [0.05, 0.1) is 17.5 Å². The van der Waals surface area contributed by atoms with Crippen molar-refractivity contribution in [1.82, 2.24) is 19.5 Å². The summed E-state index contributed by atoms with van der Waals surface area (Å²) in [6.07, 6.45) is 4.38. The molecule has 25 heavy (non-hydrogen) atoms. The van der Waals surface area contributed by atoms with Crippen molar-refractivity contribution < 1.29 is 14.0 Å². The molecule has 0 saturated carbocycles. The third kappa shape index (κ3) is 2.49. The summed E-state index contributed by atoms with van der Waals surface area (Å²) in [4.78, 5) is 30.1. The quantitative estimate of drug-likeness (QED) is 0.719. The van der Waals surface area contributed by atoms with E-state index in [2.05, 4.69) is 10.1 Å². The molecule has 9 nitrogen and oxygen atoms in total. The van der Waals surface area contributed by atoms with Crippen LogP contribution < -0.4 is 11.5 Å². The van der Waals surface area contributed by atoms with Crippen molar-refractivity contribution in [2.24, 2.45) is 5.73 Å². The van der Waals surface area contributed by atoms with Crippen LogP contribution in [0.4, 0.5) is 5.69 Å². The van der Waals surface area contributed by atoms with Gasteiger partial charge in [0.2, 0.25) is 11.7 Å². The van der Waals surface area contributed by atoms with Gasteiger partial charge in [-0.2, -0.15) is 0 Å².